The lowest BCUT2D eigenvalue weighted by molar-refractivity contribution is -0.134. The molecule has 9 heteroatoms. The highest BCUT2D eigenvalue weighted by Crippen LogP contribution is 2.48. The molecule has 2 fully saturated rings. The lowest BCUT2D eigenvalue weighted by Gasteiger charge is -2.39. The number of imide groups is 1. The monoisotopic (exact) mass is 541 g/mol. The number of anilines is 1. The van der Waals surface area contributed by atoms with E-state index in [1.54, 1.807) is 29.8 Å². The maximum atomic E-state index is 14.3. The molecule has 4 amide bonds. The number of para-hydroxylation sites is 2. The molecule has 0 radical (unpaired) electrons. The van der Waals surface area contributed by atoms with Crippen molar-refractivity contribution < 1.29 is 19.1 Å². The second-order valence-electron chi connectivity index (χ2n) is 11.9. The van der Waals surface area contributed by atoms with Crippen LogP contribution in [0.1, 0.15) is 38.8 Å². The summed E-state index contributed by atoms with van der Waals surface area (Å²) in [7, 11) is 0. The Morgan fingerprint density at radius 1 is 0.975 bits per heavy atom. The molecule has 2 saturated heterocycles. The molecule has 208 valence electrons. The van der Waals surface area contributed by atoms with E-state index in [4.69, 9.17) is 4.74 Å². The lowest BCUT2D eigenvalue weighted by atomic mass is 9.83. The quantitative estimate of drug-likeness (QED) is 0.458. The number of amides is 4. The summed E-state index contributed by atoms with van der Waals surface area (Å²) < 4.78 is 5.46. The molecular weight excluding hydrogens is 506 g/mol. The Hall–Kier alpha value is -3.82. The molecule has 1 aromatic heterocycles. The Kier molecular flexibility index (Phi) is 6.39. The molecule has 3 aliphatic rings. The van der Waals surface area contributed by atoms with Gasteiger partial charge in [0, 0.05) is 42.3 Å². The van der Waals surface area contributed by atoms with Crippen molar-refractivity contribution >= 4 is 34.4 Å². The molecule has 1 atom stereocenters. The number of hydrogen-bond donors (Lipinski definition) is 0. The average molecular weight is 542 g/mol. The van der Waals surface area contributed by atoms with E-state index in [9.17, 15) is 14.4 Å². The average Bonchev–Trinajstić information content (AvgIpc) is 3.27. The van der Waals surface area contributed by atoms with Gasteiger partial charge in [-0.25, -0.2) is 9.69 Å². The van der Waals surface area contributed by atoms with E-state index in [2.05, 4.69) is 9.88 Å². The van der Waals surface area contributed by atoms with E-state index >= 15 is 0 Å². The smallest absolute Gasteiger partial charge is 0.329 e. The SMILES string of the molecule is CC1(C)c2ccccc2N(C(=O)CN2CCOCC2)C1N1C(=O)N(Cc2ccnc3ccccc23)C(C)(C)C1=O. The van der Waals surface area contributed by atoms with Crippen LogP contribution in [0, 0.1) is 0 Å². The first kappa shape index (κ1) is 26.4. The number of nitrogens with zero attached hydrogens (tertiary/aromatic N) is 5. The van der Waals surface area contributed by atoms with Crippen molar-refractivity contribution in [2.24, 2.45) is 0 Å². The van der Waals surface area contributed by atoms with Gasteiger partial charge < -0.3 is 9.64 Å². The summed E-state index contributed by atoms with van der Waals surface area (Å²) in [6.07, 6.45) is 0.935. The Morgan fingerprint density at radius 3 is 2.45 bits per heavy atom. The van der Waals surface area contributed by atoms with Gasteiger partial charge in [0.25, 0.3) is 5.91 Å². The summed E-state index contributed by atoms with van der Waals surface area (Å²) in [6.45, 7) is 10.5. The van der Waals surface area contributed by atoms with Crippen LogP contribution in [0.3, 0.4) is 0 Å². The number of morpholine rings is 1. The third kappa shape index (κ3) is 4.07. The topological polar surface area (TPSA) is 86.3 Å². The van der Waals surface area contributed by atoms with Gasteiger partial charge in [-0.05, 0) is 43.2 Å². The van der Waals surface area contributed by atoms with Gasteiger partial charge in [0.2, 0.25) is 5.91 Å². The van der Waals surface area contributed by atoms with Gasteiger partial charge in [-0.3, -0.25) is 24.4 Å². The fourth-order valence-electron chi connectivity index (χ4n) is 6.37. The van der Waals surface area contributed by atoms with Crippen molar-refractivity contribution in [3.8, 4) is 0 Å². The largest absolute Gasteiger partial charge is 0.379 e. The van der Waals surface area contributed by atoms with Crippen LogP contribution >= 0.6 is 0 Å². The first-order valence-corrected chi connectivity index (χ1v) is 13.8. The number of fused-ring (bicyclic) bond motifs is 2. The zero-order chi connectivity index (χ0) is 28.2. The summed E-state index contributed by atoms with van der Waals surface area (Å²) in [5.41, 5.74) is 1.64. The summed E-state index contributed by atoms with van der Waals surface area (Å²) in [5, 5.41) is 0.940. The van der Waals surface area contributed by atoms with Gasteiger partial charge in [-0.15, -0.1) is 0 Å². The minimum atomic E-state index is -1.11. The van der Waals surface area contributed by atoms with Crippen LogP contribution in [0.4, 0.5) is 10.5 Å². The number of ether oxygens (including phenoxy) is 1. The Balaban J connectivity index is 1.38. The number of aromatic nitrogens is 1. The first-order chi connectivity index (χ1) is 19.1. The molecule has 3 aliphatic heterocycles. The Bertz CT molecular complexity index is 1490. The van der Waals surface area contributed by atoms with E-state index in [1.165, 1.54) is 4.90 Å². The standard InChI is InChI=1S/C31H35N5O4/c1-30(2)23-10-6-8-12-25(23)35(26(37)20-33-15-17-40-18-16-33)27(30)36-28(38)31(3,4)34(29(36)39)19-21-13-14-32-24-11-7-5-9-22(21)24/h5-14,27H,15-20H2,1-4H3. The van der Waals surface area contributed by atoms with Crippen LogP contribution in [0.5, 0.6) is 0 Å². The predicted octanol–water partition coefficient (Wildman–Crippen LogP) is 3.76. The summed E-state index contributed by atoms with van der Waals surface area (Å²) >= 11 is 0. The minimum absolute atomic E-state index is 0.137. The van der Waals surface area contributed by atoms with E-state index < -0.39 is 23.2 Å². The minimum Gasteiger partial charge on any atom is -0.379 e. The number of urea groups is 1. The second-order valence-corrected chi connectivity index (χ2v) is 11.9. The first-order valence-electron chi connectivity index (χ1n) is 13.8. The maximum absolute atomic E-state index is 14.3. The fourth-order valence-corrected chi connectivity index (χ4v) is 6.37. The predicted molar refractivity (Wildman–Crippen MR) is 152 cm³/mol. The molecule has 3 aromatic rings. The van der Waals surface area contributed by atoms with Crippen molar-refractivity contribution in [1.29, 1.82) is 0 Å². The van der Waals surface area contributed by atoms with Gasteiger partial charge >= 0.3 is 6.03 Å². The number of benzene rings is 2. The van der Waals surface area contributed by atoms with Crippen molar-refractivity contribution in [1.82, 2.24) is 19.7 Å². The molecule has 6 rings (SSSR count). The second kappa shape index (κ2) is 9.67. The van der Waals surface area contributed by atoms with Crippen LogP contribution in [-0.2, 0) is 26.3 Å². The van der Waals surface area contributed by atoms with Gasteiger partial charge in [-0.2, -0.15) is 0 Å². The number of rotatable bonds is 5. The van der Waals surface area contributed by atoms with E-state index in [-0.39, 0.29) is 24.9 Å². The number of hydrogen-bond acceptors (Lipinski definition) is 6. The van der Waals surface area contributed by atoms with Gasteiger partial charge in [0.15, 0.2) is 0 Å². The number of carbonyl (C=O) groups excluding carboxylic acids is 3. The van der Waals surface area contributed by atoms with Gasteiger partial charge in [0.05, 0.1) is 25.3 Å². The summed E-state index contributed by atoms with van der Waals surface area (Å²) in [6, 6.07) is 17.0. The van der Waals surface area contributed by atoms with Crippen LogP contribution < -0.4 is 4.90 Å². The normalized spacial score (nSPS) is 22.3. The maximum Gasteiger partial charge on any atom is 0.329 e. The zero-order valence-corrected chi connectivity index (χ0v) is 23.5. The van der Waals surface area contributed by atoms with Crippen molar-refractivity contribution in [2.45, 2.75) is 51.4 Å². The highest BCUT2D eigenvalue weighted by atomic mass is 16.5. The van der Waals surface area contributed by atoms with Crippen LogP contribution in [0.25, 0.3) is 10.9 Å². The molecule has 4 heterocycles. The highest BCUT2D eigenvalue weighted by Gasteiger charge is 2.60. The van der Waals surface area contributed by atoms with Crippen LogP contribution in [-0.4, -0.2) is 82.1 Å². The fraction of sp³-hybridized carbons (Fsp3) is 0.419. The molecule has 1 unspecified atom stereocenters. The molecule has 9 nitrogen and oxygen atoms in total. The van der Waals surface area contributed by atoms with Gasteiger partial charge in [0.1, 0.15) is 11.7 Å². The van der Waals surface area contributed by atoms with E-state index in [0.29, 0.717) is 26.3 Å². The highest BCUT2D eigenvalue weighted by molar-refractivity contribution is 6.09. The van der Waals surface area contributed by atoms with Crippen molar-refractivity contribution in [3.63, 3.8) is 0 Å². The molecule has 0 spiro atoms. The number of pyridine rings is 1. The molecule has 2 aromatic carbocycles. The molecule has 40 heavy (non-hydrogen) atoms. The third-order valence-electron chi connectivity index (χ3n) is 8.65. The Labute approximate surface area is 234 Å². The molecule has 0 N–H and O–H groups in total. The summed E-state index contributed by atoms with van der Waals surface area (Å²) in [4.78, 5) is 53.6. The molecule has 0 bridgehead atoms. The van der Waals surface area contributed by atoms with E-state index in [0.717, 1.165) is 27.7 Å². The lowest BCUT2D eigenvalue weighted by Crippen LogP contribution is -2.60. The molecule has 0 saturated carbocycles. The zero-order valence-electron chi connectivity index (χ0n) is 23.5. The molecule has 0 aliphatic carbocycles. The van der Waals surface area contributed by atoms with Crippen LogP contribution in [0.2, 0.25) is 0 Å². The van der Waals surface area contributed by atoms with Crippen molar-refractivity contribution in [3.05, 3.63) is 71.9 Å². The number of carbonyl (C=O) groups is 3. The Morgan fingerprint density at radius 2 is 1.68 bits per heavy atom. The summed E-state index contributed by atoms with van der Waals surface area (Å²) in [5.74, 6) is -0.451. The van der Waals surface area contributed by atoms with Crippen LogP contribution in [0.15, 0.2) is 60.8 Å². The molecular formula is C31H35N5O4. The third-order valence-corrected chi connectivity index (χ3v) is 8.65. The van der Waals surface area contributed by atoms with E-state index in [1.807, 2.05) is 68.4 Å². The van der Waals surface area contributed by atoms with Gasteiger partial charge in [-0.1, -0.05) is 50.2 Å². The van der Waals surface area contributed by atoms with Crippen molar-refractivity contribution in [2.75, 3.05) is 37.7 Å².